The molecule has 0 aromatic heterocycles. The van der Waals surface area contributed by atoms with Crippen LogP contribution < -0.4 is 0 Å². The van der Waals surface area contributed by atoms with E-state index < -0.39 is 10.2 Å². The zero-order valence-corrected chi connectivity index (χ0v) is 9.76. The quantitative estimate of drug-likeness (QED) is 0.651. The van der Waals surface area contributed by atoms with Crippen molar-refractivity contribution in [3.8, 4) is 0 Å². The molecule has 0 rings (SSSR count). The first-order valence-corrected chi connectivity index (χ1v) is 6.04. The van der Waals surface area contributed by atoms with Gasteiger partial charge < -0.3 is 0 Å². The number of rotatable bonds is 6. The van der Waals surface area contributed by atoms with Crippen molar-refractivity contribution in [2.75, 3.05) is 27.2 Å². The smallest absolute Gasteiger partial charge is 0.195 e. The Labute approximate surface area is 81.7 Å². The van der Waals surface area contributed by atoms with E-state index in [9.17, 15) is 8.42 Å². The number of hydrogen-bond donors (Lipinski definition) is 0. The predicted octanol–water partition coefficient (Wildman–Crippen LogP) is 0.915. The lowest BCUT2D eigenvalue weighted by Crippen LogP contribution is -2.40. The van der Waals surface area contributed by atoms with Crippen molar-refractivity contribution in [3.05, 3.63) is 0 Å². The minimum absolute atomic E-state index is 0.606. The van der Waals surface area contributed by atoms with E-state index in [4.69, 9.17) is 0 Å². The van der Waals surface area contributed by atoms with Crippen LogP contribution in [0.2, 0.25) is 0 Å². The molecule has 0 aromatic carbocycles. The Kier molecular flexibility index (Phi) is 5.51. The molecule has 0 saturated carbocycles. The highest BCUT2D eigenvalue weighted by Crippen LogP contribution is 2.05. The summed E-state index contributed by atoms with van der Waals surface area (Å²) in [4.78, 5) is 0. The van der Waals surface area contributed by atoms with E-state index in [0.29, 0.717) is 13.1 Å². The fourth-order valence-corrected chi connectivity index (χ4v) is 2.36. The standard InChI is InChI=1S/C8H20N2O2S/c1-5-7-10(8-6-2)13(11,12)9(3)4/h5-8H2,1-4H3. The van der Waals surface area contributed by atoms with Gasteiger partial charge in [0.2, 0.25) is 0 Å². The topological polar surface area (TPSA) is 40.6 Å². The summed E-state index contributed by atoms with van der Waals surface area (Å²) in [5.41, 5.74) is 0. The van der Waals surface area contributed by atoms with Crippen LogP contribution >= 0.6 is 0 Å². The molecule has 0 aromatic rings. The largest absolute Gasteiger partial charge is 0.281 e. The minimum Gasteiger partial charge on any atom is -0.195 e. The fourth-order valence-electron chi connectivity index (χ4n) is 1.07. The van der Waals surface area contributed by atoms with Crippen LogP contribution in [-0.4, -0.2) is 44.2 Å². The summed E-state index contributed by atoms with van der Waals surface area (Å²) in [7, 11) is -0.0703. The van der Waals surface area contributed by atoms with Crippen molar-refractivity contribution in [2.45, 2.75) is 26.7 Å². The molecule has 0 aliphatic carbocycles. The summed E-state index contributed by atoms with van der Waals surface area (Å²) >= 11 is 0. The molecule has 0 saturated heterocycles. The van der Waals surface area contributed by atoms with E-state index in [2.05, 4.69) is 0 Å². The third-order valence-corrected chi connectivity index (χ3v) is 3.67. The first-order chi connectivity index (χ1) is 5.96. The maximum atomic E-state index is 11.7. The summed E-state index contributed by atoms with van der Waals surface area (Å²) in [6.07, 6.45) is 1.71. The molecule has 0 radical (unpaired) electrons. The van der Waals surface area contributed by atoms with Gasteiger partial charge in [0.15, 0.2) is 0 Å². The van der Waals surface area contributed by atoms with Crippen LogP contribution in [0.5, 0.6) is 0 Å². The van der Waals surface area contributed by atoms with Crippen LogP contribution in [0, 0.1) is 0 Å². The molecule has 0 aliphatic rings. The molecule has 0 aliphatic heterocycles. The molecule has 80 valence electrons. The summed E-state index contributed by atoms with van der Waals surface area (Å²) in [5, 5.41) is 0. The molecule has 5 heteroatoms. The van der Waals surface area contributed by atoms with Gasteiger partial charge in [-0.2, -0.15) is 17.0 Å². The average molecular weight is 208 g/mol. The molecule has 13 heavy (non-hydrogen) atoms. The first-order valence-electron chi connectivity index (χ1n) is 4.64. The summed E-state index contributed by atoms with van der Waals surface area (Å²) in [6, 6.07) is 0. The molecular formula is C8H20N2O2S. The highest BCUT2D eigenvalue weighted by molar-refractivity contribution is 7.86. The monoisotopic (exact) mass is 208 g/mol. The maximum absolute atomic E-state index is 11.7. The van der Waals surface area contributed by atoms with Crippen molar-refractivity contribution < 1.29 is 8.42 Å². The van der Waals surface area contributed by atoms with Gasteiger partial charge in [0.05, 0.1) is 0 Å². The van der Waals surface area contributed by atoms with E-state index in [0.717, 1.165) is 12.8 Å². The zero-order chi connectivity index (χ0) is 10.5. The first kappa shape index (κ1) is 12.9. The molecule has 0 amide bonds. The van der Waals surface area contributed by atoms with Crippen LogP contribution in [-0.2, 0) is 10.2 Å². The summed E-state index contributed by atoms with van der Waals surface area (Å²) < 4.78 is 26.1. The third kappa shape index (κ3) is 3.62. The SMILES string of the molecule is CCCN(CCC)S(=O)(=O)N(C)C. The van der Waals surface area contributed by atoms with E-state index >= 15 is 0 Å². The Morgan fingerprint density at radius 2 is 1.38 bits per heavy atom. The van der Waals surface area contributed by atoms with Gasteiger partial charge in [-0.25, -0.2) is 0 Å². The Morgan fingerprint density at radius 1 is 1.00 bits per heavy atom. The Morgan fingerprint density at radius 3 is 1.62 bits per heavy atom. The molecule has 4 nitrogen and oxygen atoms in total. The lowest BCUT2D eigenvalue weighted by Gasteiger charge is -2.24. The number of hydrogen-bond acceptors (Lipinski definition) is 2. The summed E-state index contributed by atoms with van der Waals surface area (Å²) in [6.45, 7) is 5.17. The van der Waals surface area contributed by atoms with E-state index in [-0.39, 0.29) is 0 Å². The van der Waals surface area contributed by atoms with Gasteiger partial charge in [-0.15, -0.1) is 0 Å². The minimum atomic E-state index is -3.20. The fraction of sp³-hybridized carbons (Fsp3) is 1.00. The van der Waals surface area contributed by atoms with Crippen LogP contribution in [0.1, 0.15) is 26.7 Å². The van der Waals surface area contributed by atoms with Gasteiger partial charge in [-0.3, -0.25) is 0 Å². The van der Waals surface area contributed by atoms with Gasteiger partial charge in [-0.05, 0) is 12.8 Å². The summed E-state index contributed by atoms with van der Waals surface area (Å²) in [5.74, 6) is 0. The lowest BCUT2D eigenvalue weighted by molar-refractivity contribution is 0.374. The Bertz CT molecular complexity index is 218. The van der Waals surface area contributed by atoms with Crippen LogP contribution in [0.4, 0.5) is 0 Å². The van der Waals surface area contributed by atoms with Gasteiger partial charge in [0.25, 0.3) is 10.2 Å². The van der Waals surface area contributed by atoms with Gasteiger partial charge >= 0.3 is 0 Å². The normalized spacial score (nSPS) is 12.8. The third-order valence-electron chi connectivity index (χ3n) is 1.73. The molecule has 0 bridgehead atoms. The van der Waals surface area contributed by atoms with Crippen LogP contribution in [0.25, 0.3) is 0 Å². The highest BCUT2D eigenvalue weighted by Gasteiger charge is 2.22. The van der Waals surface area contributed by atoms with Crippen molar-refractivity contribution in [1.29, 1.82) is 0 Å². The highest BCUT2D eigenvalue weighted by atomic mass is 32.2. The molecule has 0 heterocycles. The second-order valence-corrected chi connectivity index (χ2v) is 5.33. The maximum Gasteiger partial charge on any atom is 0.281 e. The van der Waals surface area contributed by atoms with Gasteiger partial charge in [0.1, 0.15) is 0 Å². The van der Waals surface area contributed by atoms with Crippen molar-refractivity contribution in [1.82, 2.24) is 8.61 Å². The van der Waals surface area contributed by atoms with Crippen LogP contribution in [0.3, 0.4) is 0 Å². The predicted molar refractivity (Wildman–Crippen MR) is 54.8 cm³/mol. The van der Waals surface area contributed by atoms with E-state index in [1.807, 2.05) is 13.8 Å². The van der Waals surface area contributed by atoms with Crippen molar-refractivity contribution in [2.24, 2.45) is 0 Å². The zero-order valence-electron chi connectivity index (χ0n) is 8.95. The van der Waals surface area contributed by atoms with E-state index in [1.165, 1.54) is 8.61 Å². The van der Waals surface area contributed by atoms with Crippen molar-refractivity contribution in [3.63, 3.8) is 0 Å². The average Bonchev–Trinajstić information content (AvgIpc) is 2.03. The molecule has 0 unspecified atom stereocenters. The molecule has 0 N–H and O–H groups in total. The second-order valence-electron chi connectivity index (χ2n) is 3.19. The van der Waals surface area contributed by atoms with Gasteiger partial charge in [-0.1, -0.05) is 13.8 Å². The number of nitrogens with zero attached hydrogens (tertiary/aromatic N) is 2. The molecular weight excluding hydrogens is 188 g/mol. The molecule has 0 atom stereocenters. The lowest BCUT2D eigenvalue weighted by atomic mass is 10.4. The van der Waals surface area contributed by atoms with Gasteiger partial charge in [0, 0.05) is 27.2 Å². The second kappa shape index (κ2) is 5.57. The van der Waals surface area contributed by atoms with Crippen LogP contribution in [0.15, 0.2) is 0 Å². The van der Waals surface area contributed by atoms with Crippen molar-refractivity contribution >= 4 is 10.2 Å². The Balaban J connectivity index is 4.52. The Hall–Kier alpha value is -0.130. The molecule has 0 spiro atoms. The van der Waals surface area contributed by atoms with E-state index in [1.54, 1.807) is 14.1 Å². The molecule has 0 fully saturated rings.